The molecule has 178 valence electrons. The summed E-state index contributed by atoms with van der Waals surface area (Å²) < 4.78 is 6.70. The Morgan fingerprint density at radius 1 is 1.00 bits per heavy atom. The third-order valence-electron chi connectivity index (χ3n) is 5.81. The van der Waals surface area contributed by atoms with Crippen molar-refractivity contribution in [2.24, 2.45) is 0 Å². The van der Waals surface area contributed by atoms with Gasteiger partial charge < -0.3 is 9.30 Å². The number of aryl methyl sites for hydroxylation is 2. The normalized spacial score (nSPS) is 14.9. The number of carbonyl (C=O) groups excluding carboxylic acids is 4. The Morgan fingerprint density at radius 3 is 2.43 bits per heavy atom. The molecule has 0 unspecified atom stereocenters. The van der Waals surface area contributed by atoms with E-state index in [0.29, 0.717) is 16.1 Å². The van der Waals surface area contributed by atoms with Crippen molar-refractivity contribution in [3.63, 3.8) is 0 Å². The van der Waals surface area contributed by atoms with E-state index in [4.69, 9.17) is 16.3 Å². The molecule has 1 N–H and O–H groups in total. The van der Waals surface area contributed by atoms with E-state index in [1.165, 1.54) is 19.3 Å². The lowest BCUT2D eigenvalue weighted by atomic mass is 10.1. The van der Waals surface area contributed by atoms with Crippen molar-refractivity contribution in [3.05, 3.63) is 87.2 Å². The average molecular weight is 492 g/mol. The van der Waals surface area contributed by atoms with Crippen molar-refractivity contribution < 1.29 is 23.9 Å². The number of rotatable bonds is 4. The maximum absolute atomic E-state index is 13.2. The molecule has 2 aromatic carbocycles. The second-order valence-corrected chi connectivity index (χ2v) is 8.50. The summed E-state index contributed by atoms with van der Waals surface area (Å²) in [6.07, 6.45) is 1.45. The van der Waals surface area contributed by atoms with E-state index in [2.05, 4.69) is 5.32 Å². The topological polar surface area (TPSA) is 97.7 Å². The molecule has 0 aliphatic carbocycles. The van der Waals surface area contributed by atoms with Crippen LogP contribution >= 0.6 is 11.6 Å². The number of hydrogen-bond acceptors (Lipinski definition) is 5. The van der Waals surface area contributed by atoms with Gasteiger partial charge in [0.1, 0.15) is 5.57 Å². The first-order chi connectivity index (χ1) is 16.6. The second-order valence-electron chi connectivity index (χ2n) is 8.10. The zero-order valence-corrected chi connectivity index (χ0v) is 20.3. The van der Waals surface area contributed by atoms with Gasteiger partial charge in [-0.3, -0.25) is 14.9 Å². The summed E-state index contributed by atoms with van der Waals surface area (Å²) in [4.78, 5) is 51.2. The van der Waals surface area contributed by atoms with Gasteiger partial charge >= 0.3 is 12.0 Å². The van der Waals surface area contributed by atoms with E-state index < -0.39 is 23.8 Å². The zero-order valence-electron chi connectivity index (χ0n) is 19.5. The van der Waals surface area contributed by atoms with E-state index in [1.807, 2.05) is 30.5 Å². The number of halogens is 1. The number of esters is 1. The first-order valence-corrected chi connectivity index (χ1v) is 11.1. The van der Waals surface area contributed by atoms with Crippen molar-refractivity contribution >= 4 is 47.2 Å². The van der Waals surface area contributed by atoms with Crippen molar-refractivity contribution in [1.82, 2.24) is 9.88 Å². The molecule has 8 nitrogen and oxygen atoms in total. The minimum Gasteiger partial charge on any atom is -0.465 e. The first kappa shape index (κ1) is 24.0. The molecule has 2 heterocycles. The summed E-state index contributed by atoms with van der Waals surface area (Å²) >= 11 is 6.18. The van der Waals surface area contributed by atoms with E-state index >= 15 is 0 Å². The van der Waals surface area contributed by atoms with Crippen LogP contribution in [-0.4, -0.2) is 35.5 Å². The standard InChI is InChI=1S/C26H22ClN3O5/c1-14-8-9-20(13-22(14)27)30-24(32)21(23(31)28-26(30)34)12-18-10-15(2)29(16(18)3)19-7-5-6-17(11-19)25(33)35-4/h5-13H,1-4H3,(H,28,31,34)/b21-12-. The van der Waals surface area contributed by atoms with Gasteiger partial charge in [-0.2, -0.15) is 0 Å². The predicted molar refractivity (Wildman–Crippen MR) is 132 cm³/mol. The molecule has 1 aromatic heterocycles. The molecule has 9 heteroatoms. The Bertz CT molecular complexity index is 1440. The number of hydrogen-bond donors (Lipinski definition) is 1. The van der Waals surface area contributed by atoms with Crippen molar-refractivity contribution in [2.45, 2.75) is 20.8 Å². The summed E-state index contributed by atoms with van der Waals surface area (Å²) in [6.45, 7) is 5.50. The van der Waals surface area contributed by atoms with Gasteiger partial charge in [-0.15, -0.1) is 0 Å². The quantitative estimate of drug-likeness (QED) is 0.329. The van der Waals surface area contributed by atoms with Crippen LogP contribution in [-0.2, 0) is 14.3 Å². The molecule has 1 aliphatic rings. The monoisotopic (exact) mass is 491 g/mol. The van der Waals surface area contributed by atoms with Gasteiger partial charge in [0.05, 0.1) is 18.4 Å². The molecule has 0 spiro atoms. The summed E-state index contributed by atoms with van der Waals surface area (Å²) in [5, 5.41) is 2.61. The highest BCUT2D eigenvalue weighted by atomic mass is 35.5. The van der Waals surface area contributed by atoms with E-state index in [9.17, 15) is 19.2 Å². The van der Waals surface area contributed by atoms with Gasteiger partial charge in [-0.05, 0) is 74.4 Å². The van der Waals surface area contributed by atoms with Crippen LogP contribution in [0.5, 0.6) is 0 Å². The Morgan fingerprint density at radius 2 is 1.74 bits per heavy atom. The molecule has 35 heavy (non-hydrogen) atoms. The van der Waals surface area contributed by atoms with Crippen LogP contribution < -0.4 is 10.2 Å². The number of barbiturate groups is 1. The van der Waals surface area contributed by atoms with Crippen molar-refractivity contribution in [1.29, 1.82) is 0 Å². The fourth-order valence-electron chi connectivity index (χ4n) is 3.99. The first-order valence-electron chi connectivity index (χ1n) is 10.7. The average Bonchev–Trinajstić information content (AvgIpc) is 3.10. The van der Waals surface area contributed by atoms with Gasteiger partial charge in [-0.25, -0.2) is 14.5 Å². The van der Waals surface area contributed by atoms with Crippen LogP contribution in [0.4, 0.5) is 10.5 Å². The molecule has 3 aromatic rings. The number of nitrogens with one attached hydrogen (secondary N) is 1. The molecule has 1 aliphatic heterocycles. The highest BCUT2D eigenvalue weighted by molar-refractivity contribution is 6.39. The lowest BCUT2D eigenvalue weighted by Crippen LogP contribution is -2.54. The van der Waals surface area contributed by atoms with Crippen LogP contribution in [0.2, 0.25) is 5.02 Å². The highest BCUT2D eigenvalue weighted by Gasteiger charge is 2.37. The van der Waals surface area contributed by atoms with Gasteiger partial charge in [-0.1, -0.05) is 23.7 Å². The number of aromatic nitrogens is 1. The fourth-order valence-corrected chi connectivity index (χ4v) is 4.16. The van der Waals surface area contributed by atoms with Crippen LogP contribution in [0.25, 0.3) is 11.8 Å². The van der Waals surface area contributed by atoms with E-state index in [1.54, 1.807) is 37.3 Å². The number of carbonyl (C=O) groups is 4. The molecule has 0 bridgehead atoms. The summed E-state index contributed by atoms with van der Waals surface area (Å²) in [5.74, 6) is -2.00. The number of ether oxygens (including phenoxy) is 1. The third kappa shape index (κ3) is 4.36. The van der Waals surface area contributed by atoms with Gasteiger partial charge in [0.2, 0.25) is 0 Å². The molecule has 0 radical (unpaired) electrons. The largest absolute Gasteiger partial charge is 0.465 e. The van der Waals surface area contributed by atoms with Crippen molar-refractivity contribution in [2.75, 3.05) is 12.0 Å². The molecular weight excluding hydrogens is 470 g/mol. The molecule has 4 amide bonds. The number of anilines is 1. The lowest BCUT2D eigenvalue weighted by molar-refractivity contribution is -0.122. The van der Waals surface area contributed by atoms with Crippen LogP contribution in [0.1, 0.15) is 32.9 Å². The summed E-state index contributed by atoms with van der Waals surface area (Å²) in [7, 11) is 1.32. The maximum atomic E-state index is 13.2. The fraction of sp³-hybridized carbons (Fsp3) is 0.154. The Kier molecular flexibility index (Phi) is 6.32. The third-order valence-corrected chi connectivity index (χ3v) is 6.22. The summed E-state index contributed by atoms with van der Waals surface area (Å²) in [6, 6.07) is 12.7. The van der Waals surface area contributed by atoms with E-state index in [-0.39, 0.29) is 11.3 Å². The van der Waals surface area contributed by atoms with Gasteiger partial charge in [0.15, 0.2) is 0 Å². The number of benzene rings is 2. The number of imide groups is 2. The zero-order chi connectivity index (χ0) is 25.4. The van der Waals surface area contributed by atoms with Crippen molar-refractivity contribution in [3.8, 4) is 5.69 Å². The molecule has 4 rings (SSSR count). The molecule has 0 atom stereocenters. The van der Waals surface area contributed by atoms with Crippen LogP contribution in [0.3, 0.4) is 0 Å². The Hall–Kier alpha value is -4.17. The predicted octanol–water partition coefficient (Wildman–Crippen LogP) is 4.51. The minimum absolute atomic E-state index is 0.190. The van der Waals surface area contributed by atoms with Crippen LogP contribution in [0.15, 0.2) is 54.1 Å². The second kappa shape index (κ2) is 9.23. The Labute approximate surface area is 206 Å². The number of urea groups is 1. The molecule has 1 fully saturated rings. The summed E-state index contributed by atoms with van der Waals surface area (Å²) in [5.41, 5.74) is 4.13. The molecular formula is C26H22ClN3O5. The number of amides is 4. The Balaban J connectivity index is 1.76. The van der Waals surface area contributed by atoms with Crippen LogP contribution in [0, 0.1) is 20.8 Å². The maximum Gasteiger partial charge on any atom is 0.337 e. The lowest BCUT2D eigenvalue weighted by Gasteiger charge is -2.26. The van der Waals surface area contributed by atoms with Gasteiger partial charge in [0, 0.05) is 22.1 Å². The number of nitrogens with zero attached hydrogens (tertiary/aromatic N) is 2. The number of methoxy groups -OCH3 is 1. The minimum atomic E-state index is -0.845. The smallest absolute Gasteiger partial charge is 0.337 e. The molecule has 0 saturated carbocycles. The highest BCUT2D eigenvalue weighted by Crippen LogP contribution is 2.28. The molecule has 1 saturated heterocycles. The van der Waals surface area contributed by atoms with E-state index in [0.717, 1.165) is 27.5 Å². The van der Waals surface area contributed by atoms with Gasteiger partial charge in [0.25, 0.3) is 11.8 Å². The SMILES string of the molecule is COC(=O)c1cccc(-n2c(C)cc(/C=C3/C(=O)NC(=O)N(c4ccc(C)c(Cl)c4)C3=O)c2C)c1.